The van der Waals surface area contributed by atoms with Crippen LogP contribution in [0.1, 0.15) is 16.1 Å². The first-order chi connectivity index (χ1) is 9.75. The second-order valence-corrected chi connectivity index (χ2v) is 4.40. The van der Waals surface area contributed by atoms with E-state index in [0.717, 1.165) is 5.56 Å². The Balaban J connectivity index is 1.81. The number of nitrogens with one attached hydrogen (secondary N) is 2. The molecule has 0 saturated carbocycles. The Bertz CT molecular complexity index is 752. The van der Waals surface area contributed by atoms with Crippen LogP contribution >= 0.6 is 0 Å². The normalized spacial score (nSPS) is 10.7. The molecular weight excluding hydrogens is 257 g/mol. The molecule has 0 spiro atoms. The zero-order chi connectivity index (χ0) is 13.9. The molecule has 1 heterocycles. The number of carbonyl (C=O) groups excluding carboxylic acids is 1. The molecule has 20 heavy (non-hydrogen) atoms. The SMILES string of the molecule is O=C(NCc1ccccc1)c1[nH]nc2c(F)cccc12. The molecule has 100 valence electrons. The summed E-state index contributed by atoms with van der Waals surface area (Å²) in [6.07, 6.45) is 0. The van der Waals surface area contributed by atoms with Crippen LogP contribution in [0.15, 0.2) is 48.5 Å². The van der Waals surface area contributed by atoms with E-state index in [1.54, 1.807) is 12.1 Å². The summed E-state index contributed by atoms with van der Waals surface area (Å²) in [5.74, 6) is -0.747. The highest BCUT2D eigenvalue weighted by Gasteiger charge is 2.14. The van der Waals surface area contributed by atoms with Crippen LogP contribution in [0.2, 0.25) is 0 Å². The molecule has 4 nitrogen and oxygen atoms in total. The van der Waals surface area contributed by atoms with Gasteiger partial charge in [0.1, 0.15) is 11.2 Å². The van der Waals surface area contributed by atoms with Crippen LogP contribution in [0.25, 0.3) is 10.9 Å². The van der Waals surface area contributed by atoms with Crippen molar-refractivity contribution in [3.8, 4) is 0 Å². The Labute approximate surface area is 114 Å². The monoisotopic (exact) mass is 269 g/mol. The lowest BCUT2D eigenvalue weighted by molar-refractivity contribution is 0.0947. The fourth-order valence-electron chi connectivity index (χ4n) is 2.04. The molecule has 0 radical (unpaired) electrons. The summed E-state index contributed by atoms with van der Waals surface area (Å²) in [4.78, 5) is 12.1. The van der Waals surface area contributed by atoms with Crippen molar-refractivity contribution in [3.63, 3.8) is 0 Å². The summed E-state index contributed by atoms with van der Waals surface area (Å²) in [7, 11) is 0. The van der Waals surface area contributed by atoms with Crippen LogP contribution in [0.5, 0.6) is 0 Å². The second-order valence-electron chi connectivity index (χ2n) is 4.40. The number of benzene rings is 2. The minimum atomic E-state index is -0.444. The predicted molar refractivity (Wildman–Crippen MR) is 73.7 cm³/mol. The van der Waals surface area contributed by atoms with Crippen molar-refractivity contribution >= 4 is 16.8 Å². The number of para-hydroxylation sites is 1. The van der Waals surface area contributed by atoms with Crippen LogP contribution in [0, 0.1) is 5.82 Å². The predicted octanol–water partition coefficient (Wildman–Crippen LogP) is 2.63. The summed E-state index contributed by atoms with van der Waals surface area (Å²) >= 11 is 0. The first kappa shape index (κ1) is 12.3. The van der Waals surface area contributed by atoms with Gasteiger partial charge in [-0.25, -0.2) is 4.39 Å². The number of aromatic nitrogens is 2. The lowest BCUT2D eigenvalue weighted by atomic mass is 10.2. The van der Waals surface area contributed by atoms with Gasteiger partial charge in [0, 0.05) is 11.9 Å². The minimum Gasteiger partial charge on any atom is -0.347 e. The molecular formula is C15H12FN3O. The number of nitrogens with zero attached hydrogens (tertiary/aromatic N) is 1. The van der Waals surface area contributed by atoms with Gasteiger partial charge in [-0.3, -0.25) is 9.89 Å². The van der Waals surface area contributed by atoms with Crippen LogP contribution in [0.4, 0.5) is 4.39 Å². The van der Waals surface area contributed by atoms with E-state index in [0.29, 0.717) is 11.9 Å². The van der Waals surface area contributed by atoms with Crippen molar-refractivity contribution in [2.45, 2.75) is 6.54 Å². The van der Waals surface area contributed by atoms with E-state index in [9.17, 15) is 9.18 Å². The van der Waals surface area contributed by atoms with E-state index >= 15 is 0 Å². The van der Waals surface area contributed by atoms with Gasteiger partial charge in [-0.2, -0.15) is 5.10 Å². The molecule has 0 unspecified atom stereocenters. The topological polar surface area (TPSA) is 57.8 Å². The van der Waals surface area contributed by atoms with Gasteiger partial charge < -0.3 is 5.32 Å². The van der Waals surface area contributed by atoms with Crippen molar-refractivity contribution in [1.82, 2.24) is 15.5 Å². The highest BCUT2D eigenvalue weighted by molar-refractivity contribution is 6.04. The van der Waals surface area contributed by atoms with Crippen LogP contribution < -0.4 is 5.32 Å². The molecule has 0 aliphatic rings. The molecule has 3 aromatic rings. The number of amides is 1. The summed E-state index contributed by atoms with van der Waals surface area (Å²) in [6, 6.07) is 14.1. The molecule has 0 saturated heterocycles. The van der Waals surface area contributed by atoms with Crippen molar-refractivity contribution in [3.05, 3.63) is 65.6 Å². The first-order valence-corrected chi connectivity index (χ1v) is 6.20. The molecule has 5 heteroatoms. The van der Waals surface area contributed by atoms with E-state index in [2.05, 4.69) is 15.5 Å². The van der Waals surface area contributed by atoms with Crippen molar-refractivity contribution < 1.29 is 9.18 Å². The van der Waals surface area contributed by atoms with E-state index in [-0.39, 0.29) is 17.1 Å². The average Bonchev–Trinajstić information content (AvgIpc) is 2.91. The number of hydrogen-bond donors (Lipinski definition) is 2. The van der Waals surface area contributed by atoms with Crippen molar-refractivity contribution in [1.29, 1.82) is 0 Å². The van der Waals surface area contributed by atoms with Crippen molar-refractivity contribution in [2.75, 3.05) is 0 Å². The largest absolute Gasteiger partial charge is 0.347 e. The fourth-order valence-corrected chi connectivity index (χ4v) is 2.04. The average molecular weight is 269 g/mol. The van der Waals surface area contributed by atoms with Crippen LogP contribution in [-0.4, -0.2) is 16.1 Å². The third kappa shape index (κ3) is 2.25. The fraction of sp³-hybridized carbons (Fsp3) is 0.0667. The van der Waals surface area contributed by atoms with Gasteiger partial charge in [-0.15, -0.1) is 0 Å². The molecule has 0 aliphatic heterocycles. The molecule has 1 amide bonds. The number of H-pyrrole nitrogens is 1. The molecule has 0 aliphatic carbocycles. The Morgan fingerprint density at radius 3 is 2.75 bits per heavy atom. The molecule has 2 aromatic carbocycles. The molecule has 2 N–H and O–H groups in total. The first-order valence-electron chi connectivity index (χ1n) is 6.20. The zero-order valence-electron chi connectivity index (χ0n) is 10.6. The smallest absolute Gasteiger partial charge is 0.270 e. The third-order valence-corrected chi connectivity index (χ3v) is 3.06. The molecule has 0 atom stereocenters. The summed E-state index contributed by atoms with van der Waals surface area (Å²) in [6.45, 7) is 0.412. The Morgan fingerprint density at radius 2 is 1.95 bits per heavy atom. The highest BCUT2D eigenvalue weighted by atomic mass is 19.1. The quantitative estimate of drug-likeness (QED) is 0.768. The van der Waals surface area contributed by atoms with Gasteiger partial charge in [-0.1, -0.05) is 42.5 Å². The number of hydrogen-bond acceptors (Lipinski definition) is 2. The highest BCUT2D eigenvalue weighted by Crippen LogP contribution is 2.18. The zero-order valence-corrected chi connectivity index (χ0v) is 10.6. The third-order valence-electron chi connectivity index (χ3n) is 3.06. The second kappa shape index (κ2) is 5.13. The number of rotatable bonds is 3. The summed E-state index contributed by atoms with van der Waals surface area (Å²) in [5.41, 5.74) is 1.45. The number of carbonyl (C=O) groups is 1. The summed E-state index contributed by atoms with van der Waals surface area (Å²) in [5, 5.41) is 9.68. The Morgan fingerprint density at radius 1 is 1.15 bits per heavy atom. The van der Waals surface area contributed by atoms with Gasteiger partial charge in [0.2, 0.25) is 0 Å². The van der Waals surface area contributed by atoms with Gasteiger partial charge in [0.15, 0.2) is 5.82 Å². The van der Waals surface area contributed by atoms with Crippen molar-refractivity contribution in [2.24, 2.45) is 0 Å². The van der Waals surface area contributed by atoms with Gasteiger partial charge in [0.05, 0.1) is 0 Å². The lowest BCUT2D eigenvalue weighted by Crippen LogP contribution is -2.23. The molecule has 0 bridgehead atoms. The van der Waals surface area contributed by atoms with E-state index in [1.165, 1.54) is 6.07 Å². The molecule has 0 fully saturated rings. The number of fused-ring (bicyclic) bond motifs is 1. The van der Waals surface area contributed by atoms with Gasteiger partial charge >= 0.3 is 0 Å². The minimum absolute atomic E-state index is 0.178. The maximum Gasteiger partial charge on any atom is 0.270 e. The van der Waals surface area contributed by atoms with Gasteiger partial charge in [-0.05, 0) is 11.6 Å². The van der Waals surface area contributed by atoms with E-state index in [1.807, 2.05) is 30.3 Å². The Kier molecular flexibility index (Phi) is 3.16. The standard InChI is InChI=1S/C15H12FN3O/c16-12-8-4-7-11-13(12)18-19-14(11)15(20)17-9-10-5-2-1-3-6-10/h1-8H,9H2,(H,17,20)(H,18,19). The maximum absolute atomic E-state index is 13.5. The van der Waals surface area contributed by atoms with Gasteiger partial charge in [0.25, 0.3) is 5.91 Å². The van der Waals surface area contributed by atoms with Crippen LogP contribution in [-0.2, 0) is 6.54 Å². The summed E-state index contributed by atoms with van der Waals surface area (Å²) < 4.78 is 13.5. The Hall–Kier alpha value is -2.69. The molecule has 3 rings (SSSR count). The maximum atomic E-state index is 13.5. The molecule has 1 aromatic heterocycles. The van der Waals surface area contributed by atoms with Crippen LogP contribution in [0.3, 0.4) is 0 Å². The van der Waals surface area contributed by atoms with E-state index in [4.69, 9.17) is 0 Å². The lowest BCUT2D eigenvalue weighted by Gasteiger charge is -2.03. The van der Waals surface area contributed by atoms with E-state index < -0.39 is 5.82 Å². The number of aromatic amines is 1. The number of halogens is 1.